The number of hydrogen-bond acceptors (Lipinski definition) is 7. The Hall–Kier alpha value is -3.47. The number of anilines is 3. The van der Waals surface area contributed by atoms with E-state index in [1.165, 1.54) is 10.7 Å². The van der Waals surface area contributed by atoms with E-state index < -0.39 is 18.1 Å². The number of carbonyl (C=O) groups is 1. The molecule has 3 fully saturated rings. The lowest BCUT2D eigenvalue weighted by Crippen LogP contribution is -2.45. The minimum absolute atomic E-state index is 0.113. The number of ether oxygens (including phenoxy) is 1. The predicted octanol–water partition coefficient (Wildman–Crippen LogP) is 2.65. The highest BCUT2D eigenvalue weighted by molar-refractivity contribution is 5.94. The molecule has 0 radical (unpaired) electrons. The molecule has 0 unspecified atom stereocenters. The molecule has 6 rings (SSSR count). The number of nitrogens with one attached hydrogen (secondary N) is 3. The van der Waals surface area contributed by atoms with Crippen LogP contribution in [0.2, 0.25) is 0 Å². The fourth-order valence-electron chi connectivity index (χ4n) is 5.13. The van der Waals surface area contributed by atoms with Gasteiger partial charge in [-0.1, -0.05) is 0 Å². The molecule has 1 amide bonds. The molecule has 3 N–H and O–H groups in total. The van der Waals surface area contributed by atoms with Gasteiger partial charge in [0, 0.05) is 37.2 Å². The molecule has 1 saturated heterocycles. The lowest BCUT2D eigenvalue weighted by molar-refractivity contribution is -0.135. The largest absolute Gasteiger partial charge is 0.385 e. The first-order chi connectivity index (χ1) is 17.0. The highest BCUT2D eigenvalue weighted by Gasteiger charge is 2.42. The Balaban J connectivity index is 1.27. The molecular formula is C24H28FN7O3. The second kappa shape index (κ2) is 8.33. The maximum Gasteiger partial charge on any atom is 0.274 e. The summed E-state index contributed by atoms with van der Waals surface area (Å²) in [5, 5.41) is 13.4. The van der Waals surface area contributed by atoms with E-state index in [-0.39, 0.29) is 17.3 Å². The predicted molar refractivity (Wildman–Crippen MR) is 128 cm³/mol. The molecule has 2 saturated carbocycles. The smallest absolute Gasteiger partial charge is 0.274 e. The van der Waals surface area contributed by atoms with Crippen molar-refractivity contribution in [2.45, 2.75) is 50.4 Å². The number of aromatic nitrogens is 4. The molecular weight excluding hydrogens is 453 g/mol. The SMILES string of the molecule is CNc1cc(Nc2cccn(C3CCC4(CC3)COC4)c2=O)nn2c(C(=O)N[C@@H]3C[C@@H]3F)cnc12. The van der Waals surface area contributed by atoms with E-state index in [2.05, 4.69) is 26.0 Å². The van der Waals surface area contributed by atoms with E-state index in [0.717, 1.165) is 38.9 Å². The number of pyridine rings is 1. The second-order valence-electron chi connectivity index (χ2n) is 9.89. The highest BCUT2D eigenvalue weighted by atomic mass is 19.1. The van der Waals surface area contributed by atoms with Crippen LogP contribution < -0.4 is 21.5 Å². The molecule has 3 aromatic rings. The van der Waals surface area contributed by atoms with E-state index >= 15 is 0 Å². The first-order valence-corrected chi connectivity index (χ1v) is 12.0. The number of fused-ring (bicyclic) bond motifs is 1. The van der Waals surface area contributed by atoms with Gasteiger partial charge in [-0.3, -0.25) is 9.59 Å². The van der Waals surface area contributed by atoms with Gasteiger partial charge in [0.1, 0.15) is 11.9 Å². The van der Waals surface area contributed by atoms with Crippen molar-refractivity contribution in [3.8, 4) is 0 Å². The van der Waals surface area contributed by atoms with Crippen molar-refractivity contribution >= 4 is 28.7 Å². The zero-order valence-corrected chi connectivity index (χ0v) is 19.5. The van der Waals surface area contributed by atoms with Crippen LogP contribution >= 0.6 is 0 Å². The fraction of sp³-hybridized carbons (Fsp3) is 0.500. The van der Waals surface area contributed by atoms with E-state index in [0.29, 0.717) is 34.7 Å². The molecule has 3 aliphatic rings. The molecule has 0 aromatic carbocycles. The second-order valence-corrected chi connectivity index (χ2v) is 9.89. The third kappa shape index (κ3) is 3.93. The van der Waals surface area contributed by atoms with Gasteiger partial charge in [-0.15, -0.1) is 5.10 Å². The minimum Gasteiger partial charge on any atom is -0.385 e. The number of carbonyl (C=O) groups excluding carboxylic acids is 1. The van der Waals surface area contributed by atoms with Gasteiger partial charge in [-0.25, -0.2) is 13.9 Å². The van der Waals surface area contributed by atoms with Crippen molar-refractivity contribution < 1.29 is 13.9 Å². The minimum atomic E-state index is -1.01. The molecule has 0 bridgehead atoms. The van der Waals surface area contributed by atoms with Crippen molar-refractivity contribution in [1.29, 1.82) is 0 Å². The van der Waals surface area contributed by atoms with Crippen molar-refractivity contribution in [2.75, 3.05) is 30.9 Å². The van der Waals surface area contributed by atoms with Crippen LogP contribution in [0.4, 0.5) is 21.6 Å². The van der Waals surface area contributed by atoms with Crippen LogP contribution in [0.5, 0.6) is 0 Å². The lowest BCUT2D eigenvalue weighted by Gasteiger charge is -2.46. The Labute approximate surface area is 200 Å². The summed E-state index contributed by atoms with van der Waals surface area (Å²) < 4.78 is 21.9. The summed E-state index contributed by atoms with van der Waals surface area (Å²) >= 11 is 0. The van der Waals surface area contributed by atoms with E-state index in [1.807, 2.05) is 16.8 Å². The van der Waals surface area contributed by atoms with Gasteiger partial charge in [0.15, 0.2) is 17.2 Å². The Morgan fingerprint density at radius 2 is 2.03 bits per heavy atom. The monoisotopic (exact) mass is 481 g/mol. The number of amides is 1. The first-order valence-electron chi connectivity index (χ1n) is 12.0. The standard InChI is InChI=1S/C24H28FN7O3/c1-26-18-10-20(30-32-19(11-27-21(18)32)22(33)29-17-9-15(17)25)28-16-3-2-8-31(23(16)34)14-4-6-24(7-5-14)12-35-13-24/h2-3,8,10-11,14-15,17,26H,4-7,9,12-13H2,1H3,(H,28,30)(H,29,33)/t15-,17+/m0/s1. The van der Waals surface area contributed by atoms with E-state index in [4.69, 9.17) is 4.74 Å². The van der Waals surface area contributed by atoms with Crippen molar-refractivity contribution in [2.24, 2.45) is 5.41 Å². The van der Waals surface area contributed by atoms with Crippen LogP contribution in [0.15, 0.2) is 35.4 Å². The number of hydrogen-bond donors (Lipinski definition) is 3. The Bertz CT molecular complexity index is 1340. The van der Waals surface area contributed by atoms with Crippen LogP contribution in [-0.4, -0.2) is 57.5 Å². The zero-order chi connectivity index (χ0) is 24.2. The van der Waals surface area contributed by atoms with Crippen molar-refractivity contribution in [3.05, 3.63) is 46.6 Å². The molecule has 10 nitrogen and oxygen atoms in total. The van der Waals surface area contributed by atoms with Gasteiger partial charge in [0.25, 0.3) is 11.5 Å². The topological polar surface area (TPSA) is 115 Å². The molecule has 1 aliphatic heterocycles. The number of alkyl halides is 1. The number of imidazole rings is 1. The van der Waals surface area contributed by atoms with Crippen LogP contribution in [0.3, 0.4) is 0 Å². The third-order valence-electron chi connectivity index (χ3n) is 7.46. The number of nitrogens with zero attached hydrogens (tertiary/aromatic N) is 4. The molecule has 1 spiro atoms. The van der Waals surface area contributed by atoms with Crippen molar-refractivity contribution in [3.63, 3.8) is 0 Å². The Morgan fingerprint density at radius 3 is 2.69 bits per heavy atom. The molecule has 11 heteroatoms. The van der Waals surface area contributed by atoms with Crippen LogP contribution in [0.1, 0.15) is 48.6 Å². The summed E-state index contributed by atoms with van der Waals surface area (Å²) in [5.74, 6) is -0.0592. The fourth-order valence-corrected chi connectivity index (χ4v) is 5.13. The van der Waals surface area contributed by atoms with Gasteiger partial charge < -0.3 is 25.3 Å². The number of rotatable bonds is 6. The molecule has 4 heterocycles. The molecule has 3 aromatic heterocycles. The zero-order valence-electron chi connectivity index (χ0n) is 19.5. The summed E-state index contributed by atoms with van der Waals surface area (Å²) in [6, 6.07) is 5.01. The summed E-state index contributed by atoms with van der Waals surface area (Å²) in [7, 11) is 1.74. The Morgan fingerprint density at radius 1 is 1.26 bits per heavy atom. The summed E-state index contributed by atoms with van der Waals surface area (Å²) in [6.07, 6.45) is 6.62. The van der Waals surface area contributed by atoms with E-state index in [1.54, 1.807) is 19.2 Å². The summed E-state index contributed by atoms with van der Waals surface area (Å²) in [6.45, 7) is 1.67. The van der Waals surface area contributed by atoms with Gasteiger partial charge >= 0.3 is 0 Å². The summed E-state index contributed by atoms with van der Waals surface area (Å²) in [5.41, 5.74) is 1.89. The molecule has 184 valence electrons. The van der Waals surface area contributed by atoms with Crippen LogP contribution in [0.25, 0.3) is 5.65 Å². The Kier molecular flexibility index (Phi) is 5.24. The first kappa shape index (κ1) is 22.0. The van der Waals surface area contributed by atoms with Gasteiger partial charge in [-0.2, -0.15) is 0 Å². The molecule has 35 heavy (non-hydrogen) atoms. The normalized spacial score (nSPS) is 23.1. The lowest BCUT2D eigenvalue weighted by atomic mass is 9.71. The van der Waals surface area contributed by atoms with Gasteiger partial charge in [-0.05, 0) is 37.8 Å². The molecule has 2 atom stereocenters. The van der Waals surface area contributed by atoms with Crippen LogP contribution in [0, 0.1) is 5.41 Å². The third-order valence-corrected chi connectivity index (χ3v) is 7.46. The maximum absolute atomic E-state index is 13.3. The van der Waals surface area contributed by atoms with Crippen LogP contribution in [-0.2, 0) is 4.74 Å². The quantitative estimate of drug-likeness (QED) is 0.496. The average Bonchev–Trinajstić information content (AvgIpc) is 3.36. The average molecular weight is 482 g/mol. The van der Waals surface area contributed by atoms with Gasteiger partial charge in [0.2, 0.25) is 0 Å². The molecule has 2 aliphatic carbocycles. The van der Waals surface area contributed by atoms with E-state index in [9.17, 15) is 14.0 Å². The van der Waals surface area contributed by atoms with Gasteiger partial charge in [0.05, 0.1) is 31.1 Å². The summed E-state index contributed by atoms with van der Waals surface area (Å²) in [4.78, 5) is 30.3. The number of halogens is 1. The highest BCUT2D eigenvalue weighted by Crippen LogP contribution is 2.45. The van der Waals surface area contributed by atoms with Crippen molar-refractivity contribution in [1.82, 2.24) is 24.5 Å². The maximum atomic E-state index is 13.3.